The van der Waals surface area contributed by atoms with Gasteiger partial charge in [-0.25, -0.2) is 0 Å². The minimum absolute atomic E-state index is 0.0958. The van der Waals surface area contributed by atoms with E-state index in [0.29, 0.717) is 13.0 Å². The Morgan fingerprint density at radius 3 is 2.55 bits per heavy atom. The van der Waals surface area contributed by atoms with Gasteiger partial charge in [0.05, 0.1) is 11.2 Å². The van der Waals surface area contributed by atoms with Gasteiger partial charge in [0.15, 0.2) is 0 Å². The van der Waals surface area contributed by atoms with Crippen LogP contribution >= 0.6 is 0 Å². The molecule has 4 aromatic rings. The molecule has 0 spiro atoms. The maximum absolute atomic E-state index is 13.2. The van der Waals surface area contributed by atoms with Crippen LogP contribution in [0.4, 0.5) is 0 Å². The molecule has 4 rings (SSSR count). The summed E-state index contributed by atoms with van der Waals surface area (Å²) in [6.07, 6.45) is 9.61. The lowest BCUT2D eigenvalue weighted by atomic mass is 10.1. The van der Waals surface area contributed by atoms with Crippen molar-refractivity contribution in [1.29, 1.82) is 0 Å². The maximum atomic E-state index is 13.2. The van der Waals surface area contributed by atoms with Crippen LogP contribution in [0.5, 0.6) is 0 Å². The Morgan fingerprint density at radius 2 is 1.73 bits per heavy atom. The summed E-state index contributed by atoms with van der Waals surface area (Å²) < 4.78 is 1.84. The molecule has 0 aliphatic rings. The maximum Gasteiger partial charge on any atom is 0.243 e. The van der Waals surface area contributed by atoms with Crippen LogP contribution in [0.15, 0.2) is 91.3 Å². The zero-order chi connectivity index (χ0) is 22.9. The predicted molar refractivity (Wildman–Crippen MR) is 133 cm³/mol. The molecule has 2 aromatic carbocycles. The molecule has 0 aliphatic heterocycles. The van der Waals surface area contributed by atoms with Crippen molar-refractivity contribution < 1.29 is 9.59 Å². The molecule has 1 N–H and O–H groups in total. The monoisotopic (exact) mass is 437 g/mol. The van der Waals surface area contributed by atoms with Crippen LogP contribution in [0.25, 0.3) is 28.2 Å². The van der Waals surface area contributed by atoms with Gasteiger partial charge < -0.3 is 5.32 Å². The lowest BCUT2D eigenvalue weighted by molar-refractivity contribution is -0.116. The van der Waals surface area contributed by atoms with Crippen molar-refractivity contribution in [3.63, 3.8) is 0 Å². The van der Waals surface area contributed by atoms with Crippen molar-refractivity contribution in [3.8, 4) is 11.3 Å². The van der Waals surface area contributed by atoms with Crippen LogP contribution in [0, 0.1) is 0 Å². The number of fused-ring (bicyclic) bond motifs is 1. The van der Waals surface area contributed by atoms with E-state index in [9.17, 15) is 9.59 Å². The summed E-state index contributed by atoms with van der Waals surface area (Å²) in [6, 6.07) is 23.8. The van der Waals surface area contributed by atoms with Gasteiger partial charge >= 0.3 is 0 Å². The second-order valence-electron chi connectivity index (χ2n) is 7.90. The average molecular weight is 438 g/mol. The molecule has 0 radical (unpaired) electrons. The van der Waals surface area contributed by atoms with Gasteiger partial charge in [0.25, 0.3) is 0 Å². The lowest BCUT2D eigenvalue weighted by Crippen LogP contribution is -2.22. The largest absolute Gasteiger partial charge is 0.353 e. The highest BCUT2D eigenvalue weighted by atomic mass is 16.2. The standard InChI is InChI=1S/C28H27N3O2/c32-27(17-16-22-10-9-18-29-21-22)30-19-8-2-5-15-28(33)31-25-14-7-6-13-24(25)20-26(31)23-11-3-1-4-12-23/h1,3-4,6-7,9-14,16-18,20-21H,2,5,8,15,19H2,(H,30,32)/b17-16+. The quantitative estimate of drug-likeness (QED) is 0.268. The summed E-state index contributed by atoms with van der Waals surface area (Å²) in [7, 11) is 0. The Morgan fingerprint density at radius 1 is 0.909 bits per heavy atom. The second kappa shape index (κ2) is 11.0. The third kappa shape index (κ3) is 5.83. The molecule has 0 saturated heterocycles. The van der Waals surface area contributed by atoms with Crippen molar-refractivity contribution in [2.24, 2.45) is 0 Å². The molecule has 33 heavy (non-hydrogen) atoms. The molecular weight excluding hydrogens is 410 g/mol. The molecule has 166 valence electrons. The Kier molecular flexibility index (Phi) is 7.44. The first kappa shape index (κ1) is 22.2. The van der Waals surface area contributed by atoms with E-state index in [4.69, 9.17) is 0 Å². The molecule has 1 amide bonds. The number of amides is 1. The van der Waals surface area contributed by atoms with E-state index < -0.39 is 0 Å². The van der Waals surface area contributed by atoms with Crippen LogP contribution in [0.2, 0.25) is 0 Å². The first-order valence-electron chi connectivity index (χ1n) is 11.3. The molecule has 0 unspecified atom stereocenters. The Labute approximate surface area is 193 Å². The summed E-state index contributed by atoms with van der Waals surface area (Å²) in [5.74, 6) is -0.0280. The molecule has 2 aromatic heterocycles. The minimum Gasteiger partial charge on any atom is -0.353 e. The summed E-state index contributed by atoms with van der Waals surface area (Å²) in [5.41, 5.74) is 3.78. The Hall–Kier alpha value is -3.99. The van der Waals surface area contributed by atoms with Crippen molar-refractivity contribution in [2.75, 3.05) is 6.54 Å². The van der Waals surface area contributed by atoms with Gasteiger partial charge in [-0.05, 0) is 48.2 Å². The van der Waals surface area contributed by atoms with Gasteiger partial charge in [-0.15, -0.1) is 0 Å². The van der Waals surface area contributed by atoms with E-state index >= 15 is 0 Å². The van der Waals surface area contributed by atoms with Gasteiger partial charge in [-0.3, -0.25) is 19.1 Å². The lowest BCUT2D eigenvalue weighted by Gasteiger charge is -2.10. The number of carbonyl (C=O) groups is 2. The van der Waals surface area contributed by atoms with Crippen molar-refractivity contribution in [2.45, 2.75) is 25.7 Å². The number of unbranched alkanes of at least 4 members (excludes halogenated alkanes) is 2. The number of para-hydroxylation sites is 1. The van der Waals surface area contributed by atoms with Crippen LogP contribution in [0.1, 0.15) is 36.0 Å². The second-order valence-corrected chi connectivity index (χ2v) is 7.90. The first-order chi connectivity index (χ1) is 16.2. The van der Waals surface area contributed by atoms with Gasteiger partial charge in [-0.2, -0.15) is 0 Å². The van der Waals surface area contributed by atoms with Gasteiger partial charge in [0.2, 0.25) is 11.8 Å². The van der Waals surface area contributed by atoms with Gasteiger partial charge in [0, 0.05) is 36.8 Å². The topological polar surface area (TPSA) is 64.0 Å². The third-order valence-electron chi connectivity index (χ3n) is 5.51. The normalized spacial score (nSPS) is 11.2. The zero-order valence-electron chi connectivity index (χ0n) is 18.5. The number of nitrogens with zero attached hydrogens (tertiary/aromatic N) is 2. The number of nitrogens with one attached hydrogen (secondary N) is 1. The number of carbonyl (C=O) groups excluding carboxylic acids is 2. The number of hydrogen-bond acceptors (Lipinski definition) is 3. The highest BCUT2D eigenvalue weighted by molar-refractivity contribution is 5.98. The van der Waals surface area contributed by atoms with E-state index in [-0.39, 0.29) is 11.8 Å². The minimum atomic E-state index is -0.124. The molecule has 0 fully saturated rings. The number of benzene rings is 2. The molecule has 5 nitrogen and oxygen atoms in total. The first-order valence-corrected chi connectivity index (χ1v) is 11.3. The highest BCUT2D eigenvalue weighted by Gasteiger charge is 2.15. The summed E-state index contributed by atoms with van der Waals surface area (Å²) in [5, 5.41) is 3.95. The SMILES string of the molecule is O=C(/C=C/c1cccnc1)NCCCCCC(=O)n1c(-c2ccccc2)cc2ccccc21. The highest BCUT2D eigenvalue weighted by Crippen LogP contribution is 2.28. The van der Waals surface area contributed by atoms with E-state index in [0.717, 1.165) is 47.0 Å². The van der Waals surface area contributed by atoms with Crippen LogP contribution < -0.4 is 5.32 Å². The molecule has 5 heteroatoms. The van der Waals surface area contributed by atoms with Crippen molar-refractivity contribution in [3.05, 3.63) is 96.8 Å². The van der Waals surface area contributed by atoms with E-state index in [1.54, 1.807) is 18.5 Å². The van der Waals surface area contributed by atoms with Crippen LogP contribution in [0.3, 0.4) is 0 Å². The Bertz CT molecular complexity index is 1240. The Balaban J connectivity index is 1.28. The van der Waals surface area contributed by atoms with Gasteiger partial charge in [-0.1, -0.05) is 61.0 Å². The summed E-state index contributed by atoms with van der Waals surface area (Å²) in [4.78, 5) is 29.1. The molecule has 0 aliphatic carbocycles. The third-order valence-corrected chi connectivity index (χ3v) is 5.51. The number of rotatable bonds is 9. The van der Waals surface area contributed by atoms with Crippen LogP contribution in [-0.4, -0.2) is 27.9 Å². The van der Waals surface area contributed by atoms with Crippen molar-refractivity contribution in [1.82, 2.24) is 14.9 Å². The molecule has 2 heterocycles. The van der Waals surface area contributed by atoms with Crippen LogP contribution in [-0.2, 0) is 4.79 Å². The number of aromatic nitrogens is 2. The summed E-state index contributed by atoms with van der Waals surface area (Å²) >= 11 is 0. The van der Waals surface area contributed by atoms with E-state index in [1.165, 1.54) is 6.08 Å². The molecule has 0 atom stereocenters. The fourth-order valence-corrected chi connectivity index (χ4v) is 3.85. The van der Waals surface area contributed by atoms with E-state index in [1.807, 2.05) is 71.3 Å². The zero-order valence-corrected chi connectivity index (χ0v) is 18.5. The molecule has 0 saturated carbocycles. The fraction of sp³-hybridized carbons (Fsp3) is 0.179. The van der Waals surface area contributed by atoms with Gasteiger partial charge in [0.1, 0.15) is 0 Å². The summed E-state index contributed by atoms with van der Waals surface area (Å²) in [6.45, 7) is 0.589. The fourth-order valence-electron chi connectivity index (χ4n) is 3.85. The smallest absolute Gasteiger partial charge is 0.243 e. The number of pyridine rings is 1. The molecule has 0 bridgehead atoms. The average Bonchev–Trinajstić information content (AvgIpc) is 3.26. The number of hydrogen-bond donors (Lipinski definition) is 1. The predicted octanol–water partition coefficient (Wildman–Crippen LogP) is 5.73. The van der Waals surface area contributed by atoms with E-state index in [2.05, 4.69) is 16.4 Å². The van der Waals surface area contributed by atoms with Crippen molar-refractivity contribution >= 4 is 28.8 Å². The molecular formula is C28H27N3O2.